The van der Waals surface area contributed by atoms with Gasteiger partial charge in [-0.25, -0.2) is 4.98 Å². The molecule has 10 nitrogen and oxygen atoms in total. The molecule has 5 N–H and O–H groups in total. The number of likely N-dealkylation sites (tertiary alicyclic amines) is 1. The summed E-state index contributed by atoms with van der Waals surface area (Å²) < 4.78 is 11.9. The van der Waals surface area contributed by atoms with Crippen LogP contribution >= 0.6 is 0 Å². The molecule has 1 aliphatic heterocycles. The lowest BCUT2D eigenvalue weighted by Crippen LogP contribution is -2.29. The van der Waals surface area contributed by atoms with E-state index >= 15 is 0 Å². The van der Waals surface area contributed by atoms with Gasteiger partial charge in [0.15, 0.2) is 5.56 Å². The second-order valence-electron chi connectivity index (χ2n) is 9.79. The van der Waals surface area contributed by atoms with Gasteiger partial charge in [-0.1, -0.05) is 24.3 Å². The number of anilines is 1. The lowest BCUT2D eigenvalue weighted by Gasteiger charge is -2.15. The van der Waals surface area contributed by atoms with Gasteiger partial charge in [-0.15, -0.1) is 0 Å². The van der Waals surface area contributed by atoms with Gasteiger partial charge in [0, 0.05) is 31.8 Å². The Morgan fingerprint density at radius 1 is 1.10 bits per heavy atom. The number of aromatic nitrogens is 2. The van der Waals surface area contributed by atoms with E-state index < -0.39 is 0 Å². The number of para-hydroxylation sites is 1. The second-order valence-corrected chi connectivity index (χ2v) is 9.79. The van der Waals surface area contributed by atoms with Crippen LogP contribution in [-0.4, -0.2) is 65.3 Å². The van der Waals surface area contributed by atoms with E-state index in [2.05, 4.69) is 26.9 Å². The number of amidine groups is 1. The molecule has 1 amide bonds. The molecule has 10 heteroatoms. The van der Waals surface area contributed by atoms with Crippen LogP contribution in [0, 0.1) is 0 Å². The van der Waals surface area contributed by atoms with Crippen LogP contribution in [0.15, 0.2) is 78.1 Å². The van der Waals surface area contributed by atoms with Crippen LogP contribution in [-0.2, 0) is 4.79 Å². The minimum Gasteiger partial charge on any atom is -0.457 e. The summed E-state index contributed by atoms with van der Waals surface area (Å²) in [7, 11) is 2.09. The van der Waals surface area contributed by atoms with Crippen molar-refractivity contribution in [1.29, 1.82) is 0 Å². The fraction of sp³-hybridized carbons (Fsp3) is 0.310. The first kappa shape index (κ1) is 26.2. The largest absolute Gasteiger partial charge is 0.457 e. The molecule has 1 saturated heterocycles. The zero-order chi connectivity index (χ0) is 27.2. The number of benzene rings is 2. The van der Waals surface area contributed by atoms with Crippen molar-refractivity contribution in [3.8, 4) is 23.1 Å². The number of ether oxygens (including phenoxy) is 2. The molecule has 0 spiro atoms. The standard InChI is InChI=1S/C29H33N7O3/c1-35(21-9-10-21)16-5-8-25(37)36-17-15-20(18-36)34-28(31)26-27(30)32-19-33-29(26)39-24-13-11-23(12-14-24)38-22-6-3-2-4-7-22/h2-8,11-14,19-21H,9-10,15-18H2,1H3,(H2,31,34)(H2,30,32,33)/p+1/b8-5+/t20-/m1/s1. The summed E-state index contributed by atoms with van der Waals surface area (Å²) >= 11 is 0. The van der Waals surface area contributed by atoms with Gasteiger partial charge in [-0.2, -0.15) is 0 Å². The highest BCUT2D eigenvalue weighted by molar-refractivity contribution is 6.03. The zero-order valence-electron chi connectivity index (χ0n) is 22.0. The first-order valence-electron chi connectivity index (χ1n) is 13.1. The number of rotatable bonds is 10. The van der Waals surface area contributed by atoms with Crippen molar-refractivity contribution in [1.82, 2.24) is 14.8 Å². The average Bonchev–Trinajstić information content (AvgIpc) is 3.69. The summed E-state index contributed by atoms with van der Waals surface area (Å²) in [5, 5.41) is 0. The molecule has 0 radical (unpaired) electrons. The zero-order valence-corrected chi connectivity index (χ0v) is 22.0. The molecule has 1 atom stereocenters. The van der Waals surface area contributed by atoms with Crippen molar-refractivity contribution in [3.05, 3.63) is 78.6 Å². The van der Waals surface area contributed by atoms with Crippen molar-refractivity contribution >= 4 is 17.6 Å². The Balaban J connectivity index is 1.22. The third-order valence-corrected chi connectivity index (χ3v) is 6.78. The first-order valence-corrected chi connectivity index (χ1v) is 13.1. The third-order valence-electron chi connectivity index (χ3n) is 6.78. The average molecular weight is 529 g/mol. The highest BCUT2D eigenvalue weighted by Gasteiger charge is 2.28. The number of nitrogens with one attached hydrogen (secondary N) is 1. The normalized spacial score (nSPS) is 17.6. The van der Waals surface area contributed by atoms with E-state index in [1.54, 1.807) is 23.1 Å². The predicted octanol–water partition coefficient (Wildman–Crippen LogP) is 3.02. The van der Waals surface area contributed by atoms with Crippen LogP contribution in [0.3, 0.4) is 0 Å². The number of carbonyl (C=O) groups excluding carboxylic acids is 1. The summed E-state index contributed by atoms with van der Waals surface area (Å²) in [4.78, 5) is 28.5. The summed E-state index contributed by atoms with van der Waals surface area (Å²) in [6, 6.07) is 17.3. The Kier molecular flexibility index (Phi) is 8.02. The lowest BCUT2D eigenvalue weighted by molar-refractivity contribution is -0.395. The highest BCUT2D eigenvalue weighted by atomic mass is 16.5. The minimum atomic E-state index is -0.140. The maximum atomic E-state index is 12.6. The number of hydrogen-bond acceptors (Lipinski definition) is 7. The van der Waals surface area contributed by atoms with E-state index in [1.165, 1.54) is 19.2 Å². The van der Waals surface area contributed by atoms with Gasteiger partial charge in [0.25, 0.3) is 12.1 Å². The van der Waals surface area contributed by atoms with Crippen LogP contribution in [0.25, 0.3) is 0 Å². The van der Waals surface area contributed by atoms with Gasteiger partial charge < -0.3 is 25.8 Å². The molecule has 2 heterocycles. The molecule has 5 rings (SSSR count). The fourth-order valence-electron chi connectivity index (χ4n) is 4.46. The molecule has 2 fully saturated rings. The van der Waals surface area contributed by atoms with Crippen LogP contribution in [0.4, 0.5) is 5.82 Å². The molecule has 2 aliphatic rings. The van der Waals surface area contributed by atoms with Gasteiger partial charge in [0.1, 0.15) is 23.1 Å². The Labute approximate surface area is 228 Å². The Hall–Kier alpha value is -4.44. The van der Waals surface area contributed by atoms with Gasteiger partial charge in [0.2, 0.25) is 5.91 Å². The highest BCUT2D eigenvalue weighted by Crippen LogP contribution is 2.28. The SMILES string of the molecule is CN(C/C=C/C(=O)N1CC[C@@H](N=C(N)c2c(N)nc[nH+]c2Oc2ccc(Oc3ccccc3)cc2)C1)C1CC1. The van der Waals surface area contributed by atoms with Crippen LogP contribution in [0.5, 0.6) is 23.1 Å². The number of nitrogen functional groups attached to an aromatic ring is 1. The van der Waals surface area contributed by atoms with Crippen LogP contribution in [0.2, 0.25) is 0 Å². The van der Waals surface area contributed by atoms with Crippen molar-refractivity contribution in [2.45, 2.75) is 31.3 Å². The first-order chi connectivity index (χ1) is 19.0. The number of likely N-dealkylation sites (N-methyl/N-ethyl adjacent to an activating group) is 1. The van der Waals surface area contributed by atoms with Gasteiger partial charge >= 0.3 is 5.88 Å². The summed E-state index contributed by atoms with van der Waals surface area (Å²) in [5.41, 5.74) is 13.0. The van der Waals surface area contributed by atoms with Crippen molar-refractivity contribution < 1.29 is 19.3 Å². The number of aromatic amines is 1. The van der Waals surface area contributed by atoms with Crippen molar-refractivity contribution in [2.75, 3.05) is 32.4 Å². The summed E-state index contributed by atoms with van der Waals surface area (Å²) in [5.74, 6) is 2.71. The molecular formula is C29H34N7O3+. The molecule has 39 heavy (non-hydrogen) atoms. The third kappa shape index (κ3) is 6.91. The number of nitrogens with two attached hydrogens (primary N) is 2. The van der Waals surface area contributed by atoms with Crippen molar-refractivity contribution in [3.63, 3.8) is 0 Å². The number of amides is 1. The van der Waals surface area contributed by atoms with Gasteiger partial charge in [-0.3, -0.25) is 14.7 Å². The number of nitrogens with zero attached hydrogens (tertiary/aromatic N) is 4. The molecule has 1 aromatic heterocycles. The second kappa shape index (κ2) is 12.0. The van der Waals surface area contributed by atoms with Crippen LogP contribution < -0.4 is 25.9 Å². The number of H-pyrrole nitrogens is 1. The summed E-state index contributed by atoms with van der Waals surface area (Å²) in [6.45, 7) is 1.89. The molecule has 3 aromatic rings. The number of hydrogen-bond donors (Lipinski definition) is 2. The van der Waals surface area contributed by atoms with E-state index in [-0.39, 0.29) is 23.6 Å². The van der Waals surface area contributed by atoms with Gasteiger partial charge in [-0.05, 0) is 67.7 Å². The molecule has 202 valence electrons. The summed E-state index contributed by atoms with van der Waals surface area (Å²) in [6.07, 6.45) is 8.23. The maximum absolute atomic E-state index is 12.6. The molecule has 0 unspecified atom stereocenters. The monoisotopic (exact) mass is 528 g/mol. The van der Waals surface area contributed by atoms with E-state index in [9.17, 15) is 4.79 Å². The molecular weight excluding hydrogens is 494 g/mol. The predicted molar refractivity (Wildman–Crippen MR) is 149 cm³/mol. The number of aliphatic imine (C=N–C) groups is 1. The molecule has 2 aromatic carbocycles. The Morgan fingerprint density at radius 3 is 2.51 bits per heavy atom. The quantitative estimate of drug-likeness (QED) is 0.235. The number of carbonyl (C=O) groups is 1. The van der Waals surface area contributed by atoms with E-state index in [4.69, 9.17) is 20.9 Å². The maximum Gasteiger partial charge on any atom is 0.304 e. The molecule has 1 aliphatic carbocycles. The minimum absolute atomic E-state index is 0.00611. The fourth-order valence-corrected chi connectivity index (χ4v) is 4.46. The lowest BCUT2D eigenvalue weighted by atomic mass is 10.2. The smallest absolute Gasteiger partial charge is 0.304 e. The van der Waals surface area contributed by atoms with E-state index in [0.29, 0.717) is 48.5 Å². The van der Waals surface area contributed by atoms with Crippen LogP contribution in [0.1, 0.15) is 24.8 Å². The molecule has 0 bridgehead atoms. The topological polar surface area (TPSA) is 133 Å². The molecule has 1 saturated carbocycles. The van der Waals surface area contributed by atoms with E-state index in [1.807, 2.05) is 48.5 Å². The Morgan fingerprint density at radius 2 is 1.79 bits per heavy atom. The van der Waals surface area contributed by atoms with E-state index in [0.717, 1.165) is 12.3 Å². The Bertz CT molecular complexity index is 1340. The van der Waals surface area contributed by atoms with Crippen molar-refractivity contribution in [2.24, 2.45) is 10.7 Å². The van der Waals surface area contributed by atoms with Gasteiger partial charge in [0.05, 0.1) is 6.04 Å².